The van der Waals surface area contributed by atoms with Crippen LogP contribution < -0.4 is 0 Å². The highest BCUT2D eigenvalue weighted by molar-refractivity contribution is 6.29. The molecule has 30 heavy (non-hydrogen) atoms. The van der Waals surface area contributed by atoms with Gasteiger partial charge in [-0.3, -0.25) is 4.98 Å². The summed E-state index contributed by atoms with van der Waals surface area (Å²) in [6.45, 7) is 7.00. The minimum Gasteiger partial charge on any atom is -0.395 e. The maximum absolute atomic E-state index is 6.02. The van der Waals surface area contributed by atoms with Crippen LogP contribution in [0.3, 0.4) is 0 Å². The molecule has 0 unspecified atom stereocenters. The lowest BCUT2D eigenvalue weighted by Crippen LogP contribution is -2.24. The first-order valence-electron chi connectivity index (χ1n) is 10.4. The SMILES string of the molecule is Cc1ccc2c(n1)C(=NOCC(C)(C)CON=C1CCc3ccc(Cl)nc31)CCC2. The molecule has 0 N–H and O–H groups in total. The van der Waals surface area contributed by atoms with E-state index >= 15 is 0 Å². The van der Waals surface area contributed by atoms with Crippen molar-refractivity contribution in [3.05, 3.63) is 57.6 Å². The molecule has 2 aliphatic carbocycles. The van der Waals surface area contributed by atoms with Crippen LogP contribution in [0.4, 0.5) is 0 Å². The van der Waals surface area contributed by atoms with Gasteiger partial charge in [0.15, 0.2) is 0 Å². The summed E-state index contributed by atoms with van der Waals surface area (Å²) >= 11 is 6.02. The second kappa shape index (κ2) is 8.72. The van der Waals surface area contributed by atoms with Crippen molar-refractivity contribution in [2.24, 2.45) is 15.7 Å². The Balaban J connectivity index is 1.34. The topological polar surface area (TPSA) is 69.0 Å². The molecule has 2 aromatic rings. The quantitative estimate of drug-likeness (QED) is 0.487. The lowest BCUT2D eigenvalue weighted by molar-refractivity contribution is -0.000228. The van der Waals surface area contributed by atoms with Gasteiger partial charge < -0.3 is 9.68 Å². The molecule has 158 valence electrons. The van der Waals surface area contributed by atoms with E-state index in [9.17, 15) is 0 Å². The highest BCUT2D eigenvalue weighted by atomic mass is 35.5. The number of oxime groups is 2. The molecule has 0 saturated carbocycles. The molecule has 2 aromatic heterocycles. The Bertz CT molecular complexity index is 1000. The van der Waals surface area contributed by atoms with Crippen molar-refractivity contribution < 1.29 is 9.68 Å². The first-order valence-corrected chi connectivity index (χ1v) is 10.8. The molecule has 0 atom stereocenters. The second-order valence-corrected chi connectivity index (χ2v) is 9.13. The summed E-state index contributed by atoms with van der Waals surface area (Å²) in [5.41, 5.74) is 6.78. The number of hydrogen-bond donors (Lipinski definition) is 0. The van der Waals surface area contributed by atoms with E-state index in [1.54, 1.807) is 0 Å². The minimum atomic E-state index is -0.241. The van der Waals surface area contributed by atoms with Crippen molar-refractivity contribution in [2.75, 3.05) is 13.2 Å². The van der Waals surface area contributed by atoms with E-state index in [0.717, 1.165) is 66.2 Å². The van der Waals surface area contributed by atoms with Gasteiger partial charge in [-0.2, -0.15) is 0 Å². The predicted molar refractivity (Wildman–Crippen MR) is 118 cm³/mol. The molecule has 6 nitrogen and oxygen atoms in total. The van der Waals surface area contributed by atoms with E-state index in [-0.39, 0.29) is 5.41 Å². The molecule has 0 aliphatic heterocycles. The zero-order valence-electron chi connectivity index (χ0n) is 17.7. The van der Waals surface area contributed by atoms with Crippen LogP contribution in [0.25, 0.3) is 0 Å². The fraction of sp³-hybridized carbons (Fsp3) is 0.478. The molecule has 0 fully saturated rings. The number of pyridine rings is 2. The fourth-order valence-electron chi connectivity index (χ4n) is 3.68. The molecule has 0 saturated heterocycles. The average molecular weight is 427 g/mol. The third-order valence-corrected chi connectivity index (χ3v) is 5.57. The first-order chi connectivity index (χ1) is 14.4. The third kappa shape index (κ3) is 4.81. The summed E-state index contributed by atoms with van der Waals surface area (Å²) in [4.78, 5) is 20.4. The summed E-state index contributed by atoms with van der Waals surface area (Å²) in [6, 6.07) is 8.01. The van der Waals surface area contributed by atoms with Gasteiger partial charge in [-0.25, -0.2) is 4.98 Å². The van der Waals surface area contributed by atoms with Gasteiger partial charge in [0.25, 0.3) is 0 Å². The Hall–Kier alpha value is -2.47. The monoisotopic (exact) mass is 426 g/mol. The van der Waals surface area contributed by atoms with Gasteiger partial charge in [0.05, 0.1) is 11.4 Å². The van der Waals surface area contributed by atoms with E-state index in [4.69, 9.17) is 21.3 Å². The van der Waals surface area contributed by atoms with Gasteiger partial charge in [0.2, 0.25) is 0 Å². The largest absolute Gasteiger partial charge is 0.395 e. The van der Waals surface area contributed by atoms with Crippen LogP contribution >= 0.6 is 11.6 Å². The van der Waals surface area contributed by atoms with E-state index in [2.05, 4.69) is 46.3 Å². The van der Waals surface area contributed by atoms with Crippen LogP contribution in [0.5, 0.6) is 0 Å². The van der Waals surface area contributed by atoms with E-state index in [1.807, 2.05) is 19.1 Å². The van der Waals surface area contributed by atoms with Crippen molar-refractivity contribution in [1.29, 1.82) is 0 Å². The molecule has 4 rings (SSSR count). The average Bonchev–Trinajstić information content (AvgIpc) is 3.10. The number of rotatable bonds is 6. The second-order valence-electron chi connectivity index (χ2n) is 8.74. The molecule has 0 spiro atoms. The third-order valence-electron chi connectivity index (χ3n) is 5.36. The highest BCUT2D eigenvalue weighted by Gasteiger charge is 2.24. The van der Waals surface area contributed by atoms with Crippen molar-refractivity contribution in [3.8, 4) is 0 Å². The number of halogens is 1. The Labute approximate surface area is 182 Å². The highest BCUT2D eigenvalue weighted by Crippen LogP contribution is 2.24. The smallest absolute Gasteiger partial charge is 0.129 e. The van der Waals surface area contributed by atoms with Gasteiger partial charge in [-0.05, 0) is 62.3 Å². The number of aromatic nitrogens is 2. The molecule has 2 heterocycles. The first kappa shape index (κ1) is 20.8. The minimum absolute atomic E-state index is 0.241. The Morgan fingerprint density at radius 1 is 0.867 bits per heavy atom. The summed E-state index contributed by atoms with van der Waals surface area (Å²) in [7, 11) is 0. The van der Waals surface area contributed by atoms with Gasteiger partial charge >= 0.3 is 0 Å². The molecule has 0 amide bonds. The molecule has 7 heteroatoms. The molecular weight excluding hydrogens is 400 g/mol. The number of nitrogens with zero attached hydrogens (tertiary/aromatic N) is 4. The Morgan fingerprint density at radius 2 is 1.50 bits per heavy atom. The molecule has 0 bridgehead atoms. The maximum atomic E-state index is 6.02. The predicted octanol–water partition coefficient (Wildman–Crippen LogP) is 4.89. The van der Waals surface area contributed by atoms with E-state index in [0.29, 0.717) is 18.4 Å². The van der Waals surface area contributed by atoms with Crippen LogP contribution in [0.15, 0.2) is 34.6 Å². The van der Waals surface area contributed by atoms with Crippen LogP contribution in [0.2, 0.25) is 5.15 Å². The van der Waals surface area contributed by atoms with Crippen molar-refractivity contribution in [3.63, 3.8) is 0 Å². The Kier molecular flexibility index (Phi) is 6.04. The van der Waals surface area contributed by atoms with E-state index < -0.39 is 0 Å². The van der Waals surface area contributed by atoms with Gasteiger partial charge in [-0.15, -0.1) is 0 Å². The lowest BCUT2D eigenvalue weighted by Gasteiger charge is -2.22. The molecule has 0 aromatic carbocycles. The van der Waals surface area contributed by atoms with E-state index in [1.165, 1.54) is 5.56 Å². The van der Waals surface area contributed by atoms with Gasteiger partial charge in [0, 0.05) is 11.1 Å². The summed E-state index contributed by atoms with van der Waals surface area (Å²) in [6.07, 6.45) is 4.75. The summed E-state index contributed by atoms with van der Waals surface area (Å²) < 4.78 is 0. The van der Waals surface area contributed by atoms with Gasteiger partial charge in [0.1, 0.15) is 29.8 Å². The Morgan fingerprint density at radius 3 is 2.27 bits per heavy atom. The number of aryl methyl sites for hydroxylation is 3. The number of hydrogen-bond acceptors (Lipinski definition) is 6. The normalized spacial score (nSPS) is 18.4. The van der Waals surface area contributed by atoms with Crippen molar-refractivity contribution >= 4 is 23.0 Å². The standard InChI is InChI=1S/C23H27ClN4O2/c1-15-7-8-16-5-4-6-18(21(16)25-15)27-29-13-23(2,3)14-30-28-19-11-9-17-10-12-20(24)26-22(17)19/h7-8,10,12H,4-6,9,11,13-14H2,1-3H3. The lowest BCUT2D eigenvalue weighted by atomic mass is 9.94. The maximum Gasteiger partial charge on any atom is 0.129 e. The summed E-state index contributed by atoms with van der Waals surface area (Å²) in [5, 5.41) is 9.21. The molecular formula is C23H27ClN4O2. The summed E-state index contributed by atoms with van der Waals surface area (Å²) in [5.74, 6) is 0. The van der Waals surface area contributed by atoms with Crippen LogP contribution in [-0.2, 0) is 22.5 Å². The fourth-order valence-corrected chi connectivity index (χ4v) is 3.83. The van der Waals surface area contributed by atoms with Crippen LogP contribution in [-0.4, -0.2) is 34.6 Å². The zero-order valence-corrected chi connectivity index (χ0v) is 18.5. The van der Waals surface area contributed by atoms with Crippen LogP contribution in [0, 0.1) is 12.3 Å². The molecule has 0 radical (unpaired) electrons. The number of fused-ring (bicyclic) bond motifs is 2. The zero-order chi connectivity index (χ0) is 21.1. The van der Waals surface area contributed by atoms with Crippen molar-refractivity contribution in [2.45, 2.75) is 52.9 Å². The van der Waals surface area contributed by atoms with Gasteiger partial charge in [-0.1, -0.05) is 47.9 Å². The van der Waals surface area contributed by atoms with Crippen LogP contribution in [0.1, 0.15) is 61.3 Å². The van der Waals surface area contributed by atoms with Crippen molar-refractivity contribution in [1.82, 2.24) is 9.97 Å². The molecule has 2 aliphatic rings.